The number of hydrogen-bond acceptors (Lipinski definition) is 8. The molecule has 37 heavy (non-hydrogen) atoms. The normalized spacial score (nSPS) is 22.5. The Hall–Kier alpha value is -2.43. The van der Waals surface area contributed by atoms with Gasteiger partial charge in [-0.2, -0.15) is 9.97 Å². The van der Waals surface area contributed by atoms with E-state index in [1.54, 1.807) is 18.2 Å². The van der Waals surface area contributed by atoms with Crippen molar-refractivity contribution in [2.45, 2.75) is 63.8 Å². The second-order valence-electron chi connectivity index (χ2n) is 11.2. The molecule has 1 aromatic carbocycles. The van der Waals surface area contributed by atoms with Gasteiger partial charge in [-0.05, 0) is 69.7 Å². The van der Waals surface area contributed by atoms with Crippen molar-refractivity contribution in [2.75, 3.05) is 61.8 Å². The van der Waals surface area contributed by atoms with Crippen molar-refractivity contribution >= 4 is 27.6 Å². The van der Waals surface area contributed by atoms with Crippen LogP contribution in [0.2, 0.25) is 0 Å². The highest BCUT2D eigenvalue weighted by Gasteiger charge is 2.32. The number of sulfonamides is 1. The highest BCUT2D eigenvalue weighted by Crippen LogP contribution is 2.35. The molecule has 5 rings (SSSR count). The third-order valence-electron chi connectivity index (χ3n) is 8.34. The van der Waals surface area contributed by atoms with Gasteiger partial charge in [0.1, 0.15) is 11.6 Å². The Morgan fingerprint density at radius 2 is 1.62 bits per heavy atom. The summed E-state index contributed by atoms with van der Waals surface area (Å²) in [7, 11) is -1.04. The molecule has 2 aromatic rings. The number of piperidine rings is 1. The molecule has 2 N–H and O–H groups in total. The molecule has 9 nitrogen and oxygen atoms in total. The Labute approximate surface area is 221 Å². The molecule has 0 aliphatic carbocycles. The van der Waals surface area contributed by atoms with Gasteiger partial charge in [-0.15, -0.1) is 0 Å². The molecule has 3 aliphatic rings. The Morgan fingerprint density at radius 1 is 0.946 bits per heavy atom. The van der Waals surface area contributed by atoms with Crippen molar-refractivity contribution in [3.8, 4) is 0 Å². The smallest absolute Gasteiger partial charge is 0.223 e. The summed E-state index contributed by atoms with van der Waals surface area (Å²) in [4.78, 5) is 16.2. The molecular weight excluding hydrogens is 486 g/mol. The van der Waals surface area contributed by atoms with Crippen molar-refractivity contribution in [3.05, 3.63) is 41.0 Å². The molecule has 4 heterocycles. The maximum absolute atomic E-state index is 12.6. The van der Waals surface area contributed by atoms with Crippen LogP contribution in [0.5, 0.6) is 0 Å². The van der Waals surface area contributed by atoms with E-state index in [1.807, 2.05) is 0 Å². The molecule has 0 saturated carbocycles. The molecule has 0 bridgehead atoms. The van der Waals surface area contributed by atoms with E-state index >= 15 is 0 Å². The van der Waals surface area contributed by atoms with Crippen LogP contribution in [-0.2, 0) is 23.0 Å². The van der Waals surface area contributed by atoms with Crippen molar-refractivity contribution in [3.63, 3.8) is 0 Å². The van der Waals surface area contributed by atoms with Gasteiger partial charge in [-0.3, -0.25) is 0 Å². The fraction of sp³-hybridized carbons (Fsp3) is 0.630. The summed E-state index contributed by atoms with van der Waals surface area (Å²) in [6, 6.07) is 9.28. The van der Waals surface area contributed by atoms with Gasteiger partial charge in [0.25, 0.3) is 0 Å². The molecular formula is C27H41N7O2S. The van der Waals surface area contributed by atoms with E-state index < -0.39 is 10.0 Å². The molecule has 3 aliphatic heterocycles. The van der Waals surface area contributed by atoms with E-state index in [-0.39, 0.29) is 5.25 Å². The maximum atomic E-state index is 12.6. The van der Waals surface area contributed by atoms with Gasteiger partial charge >= 0.3 is 0 Å². The maximum Gasteiger partial charge on any atom is 0.223 e. The Kier molecular flexibility index (Phi) is 7.35. The number of benzene rings is 1. The molecule has 2 fully saturated rings. The van der Waals surface area contributed by atoms with Crippen LogP contribution in [0.15, 0.2) is 24.3 Å². The van der Waals surface area contributed by atoms with Crippen LogP contribution in [-0.4, -0.2) is 85.2 Å². The summed E-state index contributed by atoms with van der Waals surface area (Å²) >= 11 is 0. The van der Waals surface area contributed by atoms with Crippen LogP contribution in [0.25, 0.3) is 0 Å². The van der Waals surface area contributed by atoms with Crippen LogP contribution >= 0.6 is 0 Å². The lowest BCUT2D eigenvalue weighted by Crippen LogP contribution is -2.45. The number of nitrogens with zero attached hydrogens (tertiary/aromatic N) is 6. The van der Waals surface area contributed by atoms with Gasteiger partial charge in [0.15, 0.2) is 0 Å². The topological polar surface area (TPSA) is 98.9 Å². The molecule has 1 unspecified atom stereocenters. The Balaban J connectivity index is 1.33. The lowest BCUT2D eigenvalue weighted by atomic mass is 9.86. The van der Waals surface area contributed by atoms with Gasteiger partial charge in [-0.25, -0.2) is 12.7 Å². The first-order chi connectivity index (χ1) is 17.6. The molecule has 0 amide bonds. The summed E-state index contributed by atoms with van der Waals surface area (Å²) in [5, 5.41) is -0.367. The number of likely N-dealkylation sites (N-methyl/N-ethyl adjacent to an activating group) is 1. The predicted molar refractivity (Wildman–Crippen MR) is 150 cm³/mol. The molecule has 1 atom stereocenters. The second kappa shape index (κ2) is 10.4. The van der Waals surface area contributed by atoms with Crippen molar-refractivity contribution in [1.29, 1.82) is 0 Å². The number of piperazine rings is 1. The highest BCUT2D eigenvalue weighted by molar-refractivity contribution is 7.89. The van der Waals surface area contributed by atoms with E-state index in [4.69, 9.17) is 5.73 Å². The molecule has 10 heteroatoms. The number of anilines is 3. The summed E-state index contributed by atoms with van der Waals surface area (Å²) in [6.07, 6.45) is 2.68. The first-order valence-electron chi connectivity index (χ1n) is 13.6. The minimum atomic E-state index is -3.18. The fourth-order valence-corrected chi connectivity index (χ4v) is 7.16. The van der Waals surface area contributed by atoms with Crippen LogP contribution in [0.4, 0.5) is 17.6 Å². The molecule has 0 spiro atoms. The third kappa shape index (κ3) is 5.42. The average molecular weight is 528 g/mol. The van der Waals surface area contributed by atoms with E-state index in [0.29, 0.717) is 31.0 Å². The van der Waals surface area contributed by atoms with Gasteiger partial charge in [0.05, 0.1) is 5.25 Å². The Morgan fingerprint density at radius 3 is 2.30 bits per heavy atom. The van der Waals surface area contributed by atoms with Gasteiger partial charge in [-0.1, -0.05) is 18.2 Å². The van der Waals surface area contributed by atoms with Crippen molar-refractivity contribution in [1.82, 2.24) is 19.2 Å². The fourth-order valence-electron chi connectivity index (χ4n) is 5.85. The lowest BCUT2D eigenvalue weighted by Gasteiger charge is -2.38. The predicted octanol–water partition coefficient (Wildman–Crippen LogP) is 2.68. The summed E-state index contributed by atoms with van der Waals surface area (Å²) in [5.41, 5.74) is 10.2. The lowest BCUT2D eigenvalue weighted by molar-refractivity contribution is 0.312. The summed E-state index contributed by atoms with van der Waals surface area (Å²) in [5.74, 6) is 2.50. The highest BCUT2D eigenvalue weighted by atomic mass is 32.2. The second-order valence-corrected chi connectivity index (χ2v) is 13.7. The van der Waals surface area contributed by atoms with Crippen molar-refractivity contribution in [2.24, 2.45) is 0 Å². The zero-order valence-electron chi connectivity index (χ0n) is 22.6. The monoisotopic (exact) mass is 527 g/mol. The van der Waals surface area contributed by atoms with E-state index in [0.717, 1.165) is 63.6 Å². The minimum Gasteiger partial charge on any atom is -0.368 e. The van der Waals surface area contributed by atoms with Gasteiger partial charge in [0.2, 0.25) is 16.0 Å². The summed E-state index contributed by atoms with van der Waals surface area (Å²) in [6.45, 7) is 11.6. The minimum absolute atomic E-state index is 0.303. The Bertz CT molecular complexity index is 1220. The zero-order chi connectivity index (χ0) is 26.3. The molecule has 0 radical (unpaired) electrons. The zero-order valence-corrected chi connectivity index (χ0v) is 23.4. The number of nitrogens with two attached hydrogens (primary N) is 1. The average Bonchev–Trinajstić information content (AvgIpc) is 2.88. The number of nitrogen functional groups attached to an aromatic ring is 1. The number of aromatic nitrogens is 2. The van der Waals surface area contributed by atoms with Crippen molar-refractivity contribution < 1.29 is 8.42 Å². The van der Waals surface area contributed by atoms with Crippen LogP contribution in [0, 0.1) is 0 Å². The first kappa shape index (κ1) is 26.2. The largest absolute Gasteiger partial charge is 0.368 e. The van der Waals surface area contributed by atoms with Crippen LogP contribution in [0.1, 0.15) is 56.2 Å². The number of fused-ring (bicyclic) bond motifs is 1. The van der Waals surface area contributed by atoms with Crippen LogP contribution < -0.4 is 15.5 Å². The quantitative estimate of drug-likeness (QED) is 0.634. The van der Waals surface area contributed by atoms with Gasteiger partial charge < -0.3 is 20.4 Å². The van der Waals surface area contributed by atoms with Crippen LogP contribution in [0.3, 0.4) is 0 Å². The number of rotatable bonds is 5. The standard InChI is InChI=1S/C27H41N7O2S/c1-19(2)37(35,36)33-9-7-21(8-10-33)23-6-5-22-15-20(3)34(18-24(22)16-23)26-17-25(29-27(28)30-26)32-13-11-31(4)12-14-32/h5-6,16-17,19-21H,7-15,18H2,1-4H3,(H2,28,29,30). The first-order valence-corrected chi connectivity index (χ1v) is 15.1. The molecule has 1 aromatic heterocycles. The molecule has 2 saturated heterocycles. The van der Waals surface area contributed by atoms with E-state index in [9.17, 15) is 8.42 Å². The van der Waals surface area contributed by atoms with E-state index in [2.05, 4.69) is 62.9 Å². The van der Waals surface area contributed by atoms with Gasteiger partial charge in [0, 0.05) is 57.9 Å². The third-order valence-corrected chi connectivity index (χ3v) is 10.6. The molecule has 202 valence electrons. The van der Waals surface area contributed by atoms with E-state index in [1.165, 1.54) is 16.7 Å². The number of hydrogen-bond donors (Lipinski definition) is 1. The summed E-state index contributed by atoms with van der Waals surface area (Å²) < 4.78 is 26.8. The SMILES string of the molecule is CC1Cc2ccc(C3CCN(S(=O)(=O)C(C)C)CC3)cc2CN1c1cc(N2CCN(C)CC2)nc(N)n1.